The molecule has 0 aromatic carbocycles. The molecule has 0 radical (unpaired) electrons. The molecule has 2 rings (SSSR count). The largest absolute Gasteiger partial charge is 0.490 e. The number of allylic oxidation sites excluding steroid dienone is 1. The van der Waals surface area contributed by atoms with Gasteiger partial charge >= 0.3 is 0 Å². The molecule has 0 amide bonds. The highest BCUT2D eigenvalue weighted by Crippen LogP contribution is 2.30. The van der Waals surface area contributed by atoms with Crippen LogP contribution in [0.1, 0.15) is 41.5 Å². The fraction of sp³-hybridized carbons (Fsp3) is 0.750. The quantitative estimate of drug-likeness (QED) is 0.669. The standard InChI is InChI=1S/C16H28N2O/c1-15(2,3)17-9-7-8-14-13(12-17)18(10-11-19-14)16(4,5)6/h7-8H,9-12H2,1-6H3. The molecule has 0 aromatic rings. The van der Waals surface area contributed by atoms with Crippen LogP contribution in [0, 0.1) is 0 Å². The zero-order valence-corrected chi connectivity index (χ0v) is 13.3. The Morgan fingerprint density at radius 2 is 1.74 bits per heavy atom. The molecule has 0 saturated heterocycles. The van der Waals surface area contributed by atoms with Crippen molar-refractivity contribution in [1.82, 2.24) is 9.80 Å². The van der Waals surface area contributed by atoms with Crippen LogP contribution in [0.3, 0.4) is 0 Å². The second-order valence-corrected chi connectivity index (χ2v) is 7.44. The summed E-state index contributed by atoms with van der Waals surface area (Å²) in [5.74, 6) is 1.06. The Bertz CT molecular complexity index is 396. The molecule has 0 N–H and O–H groups in total. The number of ether oxygens (including phenoxy) is 1. The Labute approximate surface area is 117 Å². The molecule has 108 valence electrons. The first-order valence-electron chi connectivity index (χ1n) is 7.25. The highest BCUT2D eigenvalue weighted by Gasteiger charge is 2.33. The van der Waals surface area contributed by atoms with Crippen LogP contribution >= 0.6 is 0 Å². The molecule has 0 spiro atoms. The van der Waals surface area contributed by atoms with Gasteiger partial charge in [-0.3, -0.25) is 4.90 Å². The van der Waals surface area contributed by atoms with E-state index in [4.69, 9.17) is 4.74 Å². The van der Waals surface area contributed by atoms with Crippen molar-refractivity contribution in [3.05, 3.63) is 23.6 Å². The lowest BCUT2D eigenvalue weighted by atomic mass is 10.0. The van der Waals surface area contributed by atoms with Gasteiger partial charge in [-0.2, -0.15) is 0 Å². The third-order valence-corrected chi connectivity index (χ3v) is 3.88. The number of rotatable bonds is 0. The van der Waals surface area contributed by atoms with Crippen molar-refractivity contribution >= 4 is 0 Å². The number of hydrogen-bond donors (Lipinski definition) is 0. The number of hydrogen-bond acceptors (Lipinski definition) is 3. The molecule has 19 heavy (non-hydrogen) atoms. The summed E-state index contributed by atoms with van der Waals surface area (Å²) in [7, 11) is 0. The minimum Gasteiger partial charge on any atom is -0.490 e. The highest BCUT2D eigenvalue weighted by molar-refractivity contribution is 5.26. The van der Waals surface area contributed by atoms with Gasteiger partial charge in [-0.1, -0.05) is 6.08 Å². The first-order valence-corrected chi connectivity index (χ1v) is 7.25. The van der Waals surface area contributed by atoms with E-state index in [9.17, 15) is 0 Å². The van der Waals surface area contributed by atoms with Crippen molar-refractivity contribution in [2.24, 2.45) is 0 Å². The normalized spacial score (nSPS) is 22.1. The van der Waals surface area contributed by atoms with Gasteiger partial charge in [0.1, 0.15) is 12.4 Å². The van der Waals surface area contributed by atoms with E-state index in [1.807, 2.05) is 0 Å². The molecular formula is C16H28N2O. The Kier molecular flexibility index (Phi) is 3.69. The summed E-state index contributed by atoms with van der Waals surface area (Å²) in [4.78, 5) is 5.00. The predicted octanol–water partition coefficient (Wildman–Crippen LogP) is 3.00. The average Bonchev–Trinajstić information content (AvgIpc) is 2.47. The average molecular weight is 264 g/mol. The smallest absolute Gasteiger partial charge is 0.139 e. The molecule has 0 unspecified atom stereocenters. The van der Waals surface area contributed by atoms with Crippen molar-refractivity contribution < 1.29 is 4.74 Å². The maximum atomic E-state index is 5.87. The van der Waals surface area contributed by atoms with E-state index in [0.29, 0.717) is 0 Å². The predicted molar refractivity (Wildman–Crippen MR) is 79.9 cm³/mol. The van der Waals surface area contributed by atoms with Gasteiger partial charge in [0.05, 0.1) is 12.2 Å². The van der Waals surface area contributed by atoms with Crippen LogP contribution in [0.2, 0.25) is 0 Å². The van der Waals surface area contributed by atoms with Crippen LogP contribution in [0.15, 0.2) is 23.6 Å². The van der Waals surface area contributed by atoms with Crippen LogP contribution < -0.4 is 0 Å². The molecule has 2 aliphatic heterocycles. The fourth-order valence-corrected chi connectivity index (χ4v) is 2.69. The van der Waals surface area contributed by atoms with Crippen molar-refractivity contribution in [1.29, 1.82) is 0 Å². The summed E-state index contributed by atoms with van der Waals surface area (Å²) in [5.41, 5.74) is 1.65. The van der Waals surface area contributed by atoms with Crippen molar-refractivity contribution in [2.75, 3.05) is 26.2 Å². The van der Waals surface area contributed by atoms with Gasteiger partial charge in [0.15, 0.2) is 0 Å². The molecule has 0 saturated carbocycles. The van der Waals surface area contributed by atoms with Crippen molar-refractivity contribution in [3.8, 4) is 0 Å². The molecule has 2 aliphatic rings. The highest BCUT2D eigenvalue weighted by atomic mass is 16.5. The lowest BCUT2D eigenvalue weighted by molar-refractivity contribution is 0.0644. The first kappa shape index (κ1) is 14.4. The minimum atomic E-state index is 0.145. The second kappa shape index (κ2) is 4.86. The van der Waals surface area contributed by atoms with E-state index in [1.54, 1.807) is 0 Å². The molecule has 0 aliphatic carbocycles. The maximum Gasteiger partial charge on any atom is 0.139 e. The van der Waals surface area contributed by atoms with Gasteiger partial charge in [0.2, 0.25) is 0 Å². The van der Waals surface area contributed by atoms with Gasteiger partial charge in [0.25, 0.3) is 0 Å². The van der Waals surface area contributed by atoms with Crippen molar-refractivity contribution in [2.45, 2.75) is 52.6 Å². The third kappa shape index (κ3) is 3.14. The molecule has 0 atom stereocenters. The van der Waals surface area contributed by atoms with Crippen molar-refractivity contribution in [3.63, 3.8) is 0 Å². The fourth-order valence-electron chi connectivity index (χ4n) is 2.69. The number of nitrogens with zero attached hydrogens (tertiary/aromatic N) is 2. The molecule has 2 heterocycles. The molecule has 0 bridgehead atoms. The maximum absolute atomic E-state index is 5.87. The Hall–Kier alpha value is -0.960. The van der Waals surface area contributed by atoms with E-state index in [2.05, 4.69) is 63.5 Å². The van der Waals surface area contributed by atoms with Crippen LogP contribution in [0.4, 0.5) is 0 Å². The SMILES string of the molecule is CC(C)(C)N1CC=CC2=C(C1)N(C(C)(C)C)CCO2. The first-order chi connectivity index (χ1) is 8.69. The minimum absolute atomic E-state index is 0.145. The summed E-state index contributed by atoms with van der Waals surface area (Å²) in [6.45, 7) is 17.4. The lowest BCUT2D eigenvalue weighted by Crippen LogP contribution is -2.50. The zero-order valence-electron chi connectivity index (χ0n) is 13.3. The summed E-state index contributed by atoms with van der Waals surface area (Å²) in [5, 5.41) is 0. The zero-order chi connectivity index (χ0) is 14.3. The lowest BCUT2D eigenvalue weighted by Gasteiger charge is -2.45. The van der Waals surface area contributed by atoms with Gasteiger partial charge in [-0.05, 0) is 47.6 Å². The second-order valence-electron chi connectivity index (χ2n) is 7.44. The third-order valence-electron chi connectivity index (χ3n) is 3.88. The van der Waals surface area contributed by atoms with E-state index in [1.165, 1.54) is 5.70 Å². The molecule has 3 heteroatoms. The van der Waals surface area contributed by atoms with Crippen LogP contribution in [-0.2, 0) is 4.74 Å². The van der Waals surface area contributed by atoms with E-state index in [0.717, 1.165) is 32.0 Å². The van der Waals surface area contributed by atoms with Gasteiger partial charge < -0.3 is 9.64 Å². The van der Waals surface area contributed by atoms with E-state index in [-0.39, 0.29) is 11.1 Å². The monoisotopic (exact) mass is 264 g/mol. The van der Waals surface area contributed by atoms with Crippen LogP contribution in [0.5, 0.6) is 0 Å². The van der Waals surface area contributed by atoms with Gasteiger partial charge in [-0.15, -0.1) is 0 Å². The molecule has 0 fully saturated rings. The Morgan fingerprint density at radius 1 is 1.05 bits per heavy atom. The summed E-state index contributed by atoms with van der Waals surface area (Å²) < 4.78 is 5.87. The Morgan fingerprint density at radius 3 is 2.32 bits per heavy atom. The van der Waals surface area contributed by atoms with E-state index >= 15 is 0 Å². The molecule has 0 aromatic heterocycles. The van der Waals surface area contributed by atoms with Gasteiger partial charge in [-0.25, -0.2) is 0 Å². The van der Waals surface area contributed by atoms with E-state index < -0.39 is 0 Å². The summed E-state index contributed by atoms with van der Waals surface area (Å²) >= 11 is 0. The van der Waals surface area contributed by atoms with Crippen LogP contribution in [-0.4, -0.2) is 47.1 Å². The molecule has 3 nitrogen and oxygen atoms in total. The topological polar surface area (TPSA) is 15.7 Å². The summed E-state index contributed by atoms with van der Waals surface area (Å²) in [6, 6.07) is 0. The Balaban J connectivity index is 2.33. The van der Waals surface area contributed by atoms with Crippen LogP contribution in [0.25, 0.3) is 0 Å². The molecular weight excluding hydrogens is 236 g/mol. The summed E-state index contributed by atoms with van der Waals surface area (Å²) in [6.07, 6.45) is 4.37. The van der Waals surface area contributed by atoms with Gasteiger partial charge in [0, 0.05) is 24.2 Å².